The van der Waals surface area contributed by atoms with Gasteiger partial charge in [-0.15, -0.1) is 0 Å². The average molecular weight is 232 g/mol. The molecule has 0 saturated carbocycles. The Bertz CT molecular complexity index is 249. The van der Waals surface area contributed by atoms with Gasteiger partial charge < -0.3 is 4.74 Å². The number of halogens is 1. The number of hydrogen-bond donors (Lipinski definition) is 0. The van der Waals surface area contributed by atoms with E-state index in [0.29, 0.717) is 0 Å². The SMILES string of the molecule is COC(=O)C1(C)C=CC=NC1Br. The van der Waals surface area contributed by atoms with Crippen molar-refractivity contribution in [2.45, 2.75) is 11.9 Å². The fourth-order valence-corrected chi connectivity index (χ4v) is 1.46. The minimum absolute atomic E-state index is 0.234. The second kappa shape index (κ2) is 3.39. The molecule has 0 spiro atoms. The first kappa shape index (κ1) is 9.45. The summed E-state index contributed by atoms with van der Waals surface area (Å²) < 4.78 is 4.67. The van der Waals surface area contributed by atoms with Crippen LogP contribution in [0.15, 0.2) is 17.1 Å². The number of nitrogens with zero attached hydrogens (tertiary/aromatic N) is 1. The molecule has 2 atom stereocenters. The van der Waals surface area contributed by atoms with Crippen molar-refractivity contribution in [1.82, 2.24) is 0 Å². The number of esters is 1. The van der Waals surface area contributed by atoms with Gasteiger partial charge in [-0.25, -0.2) is 0 Å². The van der Waals surface area contributed by atoms with E-state index in [1.54, 1.807) is 25.3 Å². The normalized spacial score (nSPS) is 33.4. The van der Waals surface area contributed by atoms with Crippen molar-refractivity contribution in [2.75, 3.05) is 7.11 Å². The fraction of sp³-hybridized carbons (Fsp3) is 0.500. The van der Waals surface area contributed by atoms with Crippen LogP contribution in [-0.4, -0.2) is 24.2 Å². The van der Waals surface area contributed by atoms with Crippen molar-refractivity contribution in [1.29, 1.82) is 0 Å². The number of allylic oxidation sites excluding steroid dienone is 1. The molecule has 1 aliphatic heterocycles. The summed E-state index contributed by atoms with van der Waals surface area (Å²) in [5.74, 6) is -0.280. The summed E-state index contributed by atoms with van der Waals surface area (Å²) in [5, 5.41) is 0. The maximum absolute atomic E-state index is 11.3. The molecule has 0 fully saturated rings. The lowest BCUT2D eigenvalue weighted by atomic mass is 9.89. The largest absolute Gasteiger partial charge is 0.468 e. The van der Waals surface area contributed by atoms with E-state index in [2.05, 4.69) is 25.7 Å². The summed E-state index contributed by atoms with van der Waals surface area (Å²) in [6.45, 7) is 1.78. The van der Waals surface area contributed by atoms with Gasteiger partial charge in [-0.2, -0.15) is 0 Å². The molecule has 0 amide bonds. The number of methoxy groups -OCH3 is 1. The highest BCUT2D eigenvalue weighted by Gasteiger charge is 2.39. The lowest BCUT2D eigenvalue weighted by Crippen LogP contribution is -2.36. The molecule has 0 aromatic rings. The highest BCUT2D eigenvalue weighted by molar-refractivity contribution is 9.09. The number of alkyl halides is 1. The smallest absolute Gasteiger partial charge is 0.318 e. The van der Waals surface area contributed by atoms with Crippen LogP contribution in [0.25, 0.3) is 0 Å². The van der Waals surface area contributed by atoms with Gasteiger partial charge in [-0.05, 0) is 13.0 Å². The van der Waals surface area contributed by atoms with Crippen LogP contribution in [-0.2, 0) is 9.53 Å². The van der Waals surface area contributed by atoms with E-state index in [0.717, 1.165) is 0 Å². The lowest BCUT2D eigenvalue weighted by Gasteiger charge is -2.27. The van der Waals surface area contributed by atoms with Crippen LogP contribution < -0.4 is 0 Å². The molecule has 4 heteroatoms. The van der Waals surface area contributed by atoms with Crippen LogP contribution in [0, 0.1) is 5.41 Å². The van der Waals surface area contributed by atoms with E-state index < -0.39 is 5.41 Å². The van der Waals surface area contributed by atoms with Gasteiger partial charge in [0.15, 0.2) is 0 Å². The predicted octanol–water partition coefficient (Wildman–Crippen LogP) is 1.53. The van der Waals surface area contributed by atoms with Gasteiger partial charge in [0, 0.05) is 6.21 Å². The van der Waals surface area contributed by atoms with E-state index in [-0.39, 0.29) is 10.9 Å². The Hall–Kier alpha value is -0.640. The first-order chi connectivity index (χ1) is 5.61. The Kier molecular flexibility index (Phi) is 2.67. The summed E-state index contributed by atoms with van der Waals surface area (Å²) in [6.07, 6.45) is 5.18. The summed E-state index contributed by atoms with van der Waals surface area (Å²) >= 11 is 3.30. The zero-order chi connectivity index (χ0) is 9.19. The molecule has 3 nitrogen and oxygen atoms in total. The fourth-order valence-electron chi connectivity index (χ4n) is 0.988. The molecular formula is C8H10BrNO2. The van der Waals surface area contributed by atoms with Gasteiger partial charge in [0.1, 0.15) is 10.4 Å². The third-order valence-corrected chi connectivity index (χ3v) is 3.05. The molecule has 0 saturated heterocycles. The van der Waals surface area contributed by atoms with E-state index in [9.17, 15) is 4.79 Å². The first-order valence-electron chi connectivity index (χ1n) is 3.55. The molecule has 12 heavy (non-hydrogen) atoms. The maximum atomic E-state index is 11.3. The summed E-state index contributed by atoms with van der Waals surface area (Å²) in [7, 11) is 1.37. The van der Waals surface area contributed by atoms with Gasteiger partial charge in [0.05, 0.1) is 7.11 Å². The van der Waals surface area contributed by atoms with Crippen molar-refractivity contribution in [3.05, 3.63) is 12.2 Å². The van der Waals surface area contributed by atoms with E-state index in [1.165, 1.54) is 7.11 Å². The molecule has 0 bridgehead atoms. The molecule has 1 heterocycles. The molecule has 1 aliphatic rings. The quantitative estimate of drug-likeness (QED) is 0.390. The Morgan fingerprint density at radius 2 is 2.42 bits per heavy atom. The van der Waals surface area contributed by atoms with Gasteiger partial charge in [0.25, 0.3) is 0 Å². The minimum atomic E-state index is -0.677. The molecule has 1 rings (SSSR count). The zero-order valence-electron chi connectivity index (χ0n) is 6.95. The van der Waals surface area contributed by atoms with E-state index >= 15 is 0 Å². The Balaban J connectivity index is 2.90. The van der Waals surface area contributed by atoms with Gasteiger partial charge >= 0.3 is 5.97 Å². The second-order valence-electron chi connectivity index (χ2n) is 2.77. The van der Waals surface area contributed by atoms with Crippen LogP contribution in [0.5, 0.6) is 0 Å². The number of carbonyl (C=O) groups is 1. The van der Waals surface area contributed by atoms with Crippen LogP contribution >= 0.6 is 15.9 Å². The Labute approximate surface area is 79.6 Å². The number of aliphatic imine (C=N–C) groups is 1. The van der Waals surface area contributed by atoms with Crippen LogP contribution in [0.1, 0.15) is 6.92 Å². The lowest BCUT2D eigenvalue weighted by molar-refractivity contribution is -0.148. The third-order valence-electron chi connectivity index (χ3n) is 1.87. The maximum Gasteiger partial charge on any atom is 0.318 e. The van der Waals surface area contributed by atoms with Crippen LogP contribution in [0.3, 0.4) is 0 Å². The van der Waals surface area contributed by atoms with Crippen molar-refractivity contribution in [3.63, 3.8) is 0 Å². The third kappa shape index (κ3) is 1.43. The molecule has 0 aromatic heterocycles. The number of hydrogen-bond acceptors (Lipinski definition) is 3. The summed E-state index contributed by atoms with van der Waals surface area (Å²) in [6, 6.07) is 0. The average Bonchev–Trinajstić information content (AvgIpc) is 2.09. The first-order valence-corrected chi connectivity index (χ1v) is 4.46. The Morgan fingerprint density at radius 1 is 1.75 bits per heavy atom. The second-order valence-corrected chi connectivity index (χ2v) is 3.63. The van der Waals surface area contributed by atoms with Crippen molar-refractivity contribution >= 4 is 28.1 Å². The van der Waals surface area contributed by atoms with Gasteiger partial charge in [-0.3, -0.25) is 9.79 Å². The minimum Gasteiger partial charge on any atom is -0.468 e. The summed E-state index contributed by atoms with van der Waals surface area (Å²) in [5.41, 5.74) is -0.677. The topological polar surface area (TPSA) is 38.7 Å². The van der Waals surface area contributed by atoms with Crippen molar-refractivity contribution in [2.24, 2.45) is 10.4 Å². The van der Waals surface area contributed by atoms with Crippen molar-refractivity contribution < 1.29 is 9.53 Å². The van der Waals surface area contributed by atoms with Crippen LogP contribution in [0.2, 0.25) is 0 Å². The predicted molar refractivity (Wildman–Crippen MR) is 50.5 cm³/mol. The monoisotopic (exact) mass is 231 g/mol. The number of carbonyl (C=O) groups excluding carboxylic acids is 1. The van der Waals surface area contributed by atoms with E-state index in [4.69, 9.17) is 0 Å². The van der Waals surface area contributed by atoms with Crippen LogP contribution in [0.4, 0.5) is 0 Å². The molecule has 0 N–H and O–H groups in total. The number of rotatable bonds is 1. The number of ether oxygens (including phenoxy) is 1. The van der Waals surface area contributed by atoms with Gasteiger partial charge in [0.2, 0.25) is 0 Å². The number of dihydropyridines is 1. The molecular weight excluding hydrogens is 222 g/mol. The Morgan fingerprint density at radius 3 is 2.92 bits per heavy atom. The standard InChI is InChI=1S/C8H10BrNO2/c1-8(7(11)12-2)4-3-5-10-6(8)9/h3-6H,1-2H3. The highest BCUT2D eigenvalue weighted by Crippen LogP contribution is 2.33. The van der Waals surface area contributed by atoms with Gasteiger partial charge in [-0.1, -0.05) is 22.0 Å². The molecule has 2 unspecified atom stereocenters. The molecule has 0 aromatic carbocycles. The summed E-state index contributed by atoms with van der Waals surface area (Å²) in [4.78, 5) is 15.1. The molecule has 0 radical (unpaired) electrons. The zero-order valence-corrected chi connectivity index (χ0v) is 8.54. The van der Waals surface area contributed by atoms with E-state index in [1.807, 2.05) is 0 Å². The molecule has 0 aliphatic carbocycles. The highest BCUT2D eigenvalue weighted by atomic mass is 79.9. The molecule has 66 valence electrons. The van der Waals surface area contributed by atoms with Crippen molar-refractivity contribution in [3.8, 4) is 0 Å².